The number of hydrogen-bond donors (Lipinski definition) is 1. The minimum Gasteiger partial charge on any atom is -0.381 e. The average Bonchev–Trinajstić information content (AvgIpc) is 3.55. The van der Waals surface area contributed by atoms with Gasteiger partial charge in [-0.15, -0.1) is 0 Å². The zero-order valence-corrected chi connectivity index (χ0v) is 21.3. The maximum Gasteiger partial charge on any atom is 0.269 e. The molecule has 5 heterocycles. The fraction of sp³-hybridized carbons (Fsp3) is 0.407. The third-order valence-corrected chi connectivity index (χ3v) is 7.41. The number of carbonyl (C=O) groups excluding carboxylic acids is 1. The predicted octanol–water partition coefficient (Wildman–Crippen LogP) is 4.56. The summed E-state index contributed by atoms with van der Waals surface area (Å²) < 4.78 is 37.9. The Labute approximate surface area is 218 Å². The van der Waals surface area contributed by atoms with E-state index in [9.17, 15) is 13.6 Å². The van der Waals surface area contributed by atoms with Crippen LogP contribution in [-0.2, 0) is 18.2 Å². The second kappa shape index (κ2) is 9.79. The summed E-state index contributed by atoms with van der Waals surface area (Å²) in [4.78, 5) is 19.1. The maximum atomic E-state index is 14.4. The number of aromatic nitrogens is 5. The number of halogens is 2. The number of benzene rings is 1. The number of pyridine rings is 1. The minimum absolute atomic E-state index is 0.0455. The Morgan fingerprint density at radius 1 is 1.21 bits per heavy atom. The number of amides is 1. The molecule has 1 fully saturated rings. The van der Waals surface area contributed by atoms with E-state index in [0.29, 0.717) is 47.9 Å². The van der Waals surface area contributed by atoms with Crippen molar-refractivity contribution < 1.29 is 18.3 Å². The van der Waals surface area contributed by atoms with Crippen LogP contribution < -0.4 is 10.2 Å². The molecule has 38 heavy (non-hydrogen) atoms. The van der Waals surface area contributed by atoms with E-state index in [4.69, 9.17) is 14.8 Å². The van der Waals surface area contributed by atoms with Crippen LogP contribution in [0.5, 0.6) is 0 Å². The Morgan fingerprint density at radius 3 is 2.74 bits per heavy atom. The van der Waals surface area contributed by atoms with Gasteiger partial charge in [0.25, 0.3) is 12.3 Å². The molecule has 0 bridgehead atoms. The van der Waals surface area contributed by atoms with E-state index in [0.717, 1.165) is 36.8 Å². The van der Waals surface area contributed by atoms with Crippen molar-refractivity contribution in [2.24, 2.45) is 7.05 Å². The number of aryl methyl sites for hydroxylation is 2. The normalized spacial score (nSPS) is 16.3. The molecule has 1 saturated heterocycles. The number of nitrogens with zero attached hydrogens (tertiary/aromatic N) is 6. The van der Waals surface area contributed by atoms with Crippen LogP contribution >= 0.6 is 0 Å². The van der Waals surface area contributed by atoms with Gasteiger partial charge in [-0.3, -0.25) is 14.2 Å². The van der Waals surface area contributed by atoms with Crippen molar-refractivity contribution >= 4 is 28.4 Å². The highest BCUT2D eigenvalue weighted by atomic mass is 19.3. The summed E-state index contributed by atoms with van der Waals surface area (Å²) in [5, 5.41) is 11.8. The Morgan fingerprint density at radius 2 is 2.03 bits per heavy atom. The topological polar surface area (TPSA) is 90.1 Å². The first-order chi connectivity index (χ1) is 18.4. The lowest BCUT2D eigenvalue weighted by Gasteiger charge is -2.31. The summed E-state index contributed by atoms with van der Waals surface area (Å²) in [6, 6.07) is 7.15. The molecule has 0 spiro atoms. The van der Waals surface area contributed by atoms with Crippen LogP contribution in [0.2, 0.25) is 0 Å². The molecule has 1 amide bonds. The van der Waals surface area contributed by atoms with Crippen LogP contribution in [0.25, 0.3) is 22.2 Å². The third-order valence-electron chi connectivity index (χ3n) is 7.41. The summed E-state index contributed by atoms with van der Waals surface area (Å²) in [6.07, 6.45) is 3.92. The summed E-state index contributed by atoms with van der Waals surface area (Å²) in [6.45, 7) is 1.90. The van der Waals surface area contributed by atoms with E-state index in [2.05, 4.69) is 10.4 Å². The number of ether oxygens (including phenoxy) is 1. The van der Waals surface area contributed by atoms with Crippen LogP contribution in [0, 0.1) is 0 Å². The van der Waals surface area contributed by atoms with Crippen molar-refractivity contribution in [3.05, 3.63) is 53.5 Å². The van der Waals surface area contributed by atoms with Gasteiger partial charge >= 0.3 is 0 Å². The van der Waals surface area contributed by atoms with Crippen molar-refractivity contribution in [3.8, 4) is 11.1 Å². The molecule has 1 aromatic carbocycles. The summed E-state index contributed by atoms with van der Waals surface area (Å²) in [5.74, 6) is 0.282. The lowest BCUT2D eigenvalue weighted by molar-refractivity contribution is 0.0675. The molecule has 198 valence electrons. The van der Waals surface area contributed by atoms with E-state index in [1.54, 1.807) is 43.3 Å². The highest BCUT2D eigenvalue weighted by molar-refractivity contribution is 5.97. The first-order valence-electron chi connectivity index (χ1n) is 12.8. The van der Waals surface area contributed by atoms with E-state index < -0.39 is 6.43 Å². The number of nitrogens with one attached hydrogen (secondary N) is 1. The molecular formula is C27H29F2N7O2. The van der Waals surface area contributed by atoms with Gasteiger partial charge in [-0.25, -0.2) is 13.8 Å². The Hall–Kier alpha value is -3.86. The maximum absolute atomic E-state index is 14.4. The van der Waals surface area contributed by atoms with Gasteiger partial charge in [-0.05, 0) is 61.1 Å². The fourth-order valence-electron chi connectivity index (χ4n) is 5.51. The zero-order valence-electron chi connectivity index (χ0n) is 21.3. The van der Waals surface area contributed by atoms with Gasteiger partial charge in [0.05, 0.1) is 17.8 Å². The smallest absolute Gasteiger partial charge is 0.269 e. The number of carbonyl (C=O) groups is 1. The zero-order chi connectivity index (χ0) is 26.4. The highest BCUT2D eigenvalue weighted by Gasteiger charge is 2.30. The Kier molecular flexibility index (Phi) is 6.30. The average molecular weight is 522 g/mol. The molecule has 0 saturated carbocycles. The van der Waals surface area contributed by atoms with Gasteiger partial charge in [0, 0.05) is 56.9 Å². The van der Waals surface area contributed by atoms with Crippen molar-refractivity contribution in [1.29, 1.82) is 0 Å². The Bertz CT molecular complexity index is 1510. The molecule has 0 radical (unpaired) electrons. The quantitative estimate of drug-likeness (QED) is 0.414. The molecule has 0 unspecified atom stereocenters. The third kappa shape index (κ3) is 4.20. The highest BCUT2D eigenvalue weighted by Crippen LogP contribution is 2.43. The van der Waals surface area contributed by atoms with Crippen LogP contribution in [0.4, 0.5) is 20.3 Å². The van der Waals surface area contributed by atoms with Crippen LogP contribution in [0.3, 0.4) is 0 Å². The van der Waals surface area contributed by atoms with Gasteiger partial charge in [0.15, 0.2) is 5.82 Å². The second-order valence-corrected chi connectivity index (χ2v) is 9.78. The number of hydrogen-bond acceptors (Lipinski definition) is 6. The van der Waals surface area contributed by atoms with E-state index in [1.807, 2.05) is 21.7 Å². The first kappa shape index (κ1) is 24.5. The first-order valence-corrected chi connectivity index (χ1v) is 12.8. The molecule has 3 aromatic heterocycles. The van der Waals surface area contributed by atoms with Crippen molar-refractivity contribution in [3.63, 3.8) is 0 Å². The van der Waals surface area contributed by atoms with Crippen LogP contribution in [0.15, 0.2) is 36.7 Å². The number of alkyl halides is 2. The van der Waals surface area contributed by atoms with Crippen molar-refractivity contribution in [2.75, 3.05) is 31.7 Å². The van der Waals surface area contributed by atoms with Crippen LogP contribution in [0.1, 0.15) is 53.3 Å². The van der Waals surface area contributed by atoms with Gasteiger partial charge in [-0.2, -0.15) is 10.2 Å². The van der Waals surface area contributed by atoms with E-state index in [-0.39, 0.29) is 23.2 Å². The molecule has 6 rings (SSSR count). The van der Waals surface area contributed by atoms with E-state index in [1.165, 1.54) is 0 Å². The number of rotatable bonds is 5. The molecule has 1 N–H and O–H groups in total. The van der Waals surface area contributed by atoms with Gasteiger partial charge in [0.2, 0.25) is 0 Å². The predicted molar refractivity (Wildman–Crippen MR) is 139 cm³/mol. The minimum atomic E-state index is -2.66. The van der Waals surface area contributed by atoms with Crippen LogP contribution in [-0.4, -0.2) is 57.3 Å². The van der Waals surface area contributed by atoms with Gasteiger partial charge in [-0.1, -0.05) is 0 Å². The molecule has 0 aliphatic carbocycles. The molecule has 9 nitrogen and oxygen atoms in total. The standard InChI is InChI=1S/C27H29F2N7O2/c1-30-27(37)21-5-6-22-24(32-21)26(33-36(22)18-7-10-38-11-8-18)35-9-3-4-16-12-19(17-14-31-34(2)15-17)20(25(28)29)13-23(16)35/h5-6,12-15,18,25H,3-4,7-11H2,1-2H3,(H,30,37). The largest absolute Gasteiger partial charge is 0.381 e. The lowest BCUT2D eigenvalue weighted by atomic mass is 9.93. The molecule has 2 aliphatic rings. The SMILES string of the molecule is CNC(=O)c1ccc2c(n1)c(N1CCCc3cc(-c4cnn(C)c4)c(C(F)F)cc31)nn2C1CCOCC1. The summed E-state index contributed by atoms with van der Waals surface area (Å²) in [7, 11) is 3.33. The summed E-state index contributed by atoms with van der Waals surface area (Å²) in [5.41, 5.74) is 4.45. The monoisotopic (exact) mass is 521 g/mol. The number of anilines is 2. The second-order valence-electron chi connectivity index (χ2n) is 9.78. The number of fused-ring (bicyclic) bond motifs is 2. The fourth-order valence-corrected chi connectivity index (χ4v) is 5.51. The molecule has 4 aromatic rings. The molecule has 0 atom stereocenters. The van der Waals surface area contributed by atoms with Gasteiger partial charge in [0.1, 0.15) is 11.2 Å². The molecule has 11 heteroatoms. The Balaban J connectivity index is 1.52. The lowest BCUT2D eigenvalue weighted by Crippen LogP contribution is -2.26. The molecular weight excluding hydrogens is 492 g/mol. The van der Waals surface area contributed by atoms with Crippen molar-refractivity contribution in [2.45, 2.75) is 38.2 Å². The molecule has 2 aliphatic heterocycles. The van der Waals surface area contributed by atoms with Gasteiger partial charge < -0.3 is 15.0 Å². The summed E-state index contributed by atoms with van der Waals surface area (Å²) >= 11 is 0. The van der Waals surface area contributed by atoms with Crippen molar-refractivity contribution in [1.82, 2.24) is 29.9 Å². The van der Waals surface area contributed by atoms with E-state index >= 15 is 0 Å².